The van der Waals surface area contributed by atoms with Crippen molar-refractivity contribution in [1.29, 1.82) is 0 Å². The predicted molar refractivity (Wildman–Crippen MR) is 73.6 cm³/mol. The molecule has 0 bridgehead atoms. The van der Waals surface area contributed by atoms with Gasteiger partial charge in [0.1, 0.15) is 5.75 Å². The molecular weight excluding hydrogens is 242 g/mol. The summed E-state index contributed by atoms with van der Waals surface area (Å²) in [5, 5.41) is 9.04. The highest BCUT2D eigenvalue weighted by molar-refractivity contribution is 5.95. The van der Waals surface area contributed by atoms with Crippen molar-refractivity contribution in [2.75, 3.05) is 7.11 Å². The Kier molecular flexibility index (Phi) is 3.93. The van der Waals surface area contributed by atoms with E-state index in [2.05, 4.69) is 4.99 Å². The van der Waals surface area contributed by atoms with Crippen molar-refractivity contribution in [1.82, 2.24) is 0 Å². The van der Waals surface area contributed by atoms with Crippen molar-refractivity contribution in [2.45, 2.75) is 0 Å². The first-order chi connectivity index (χ1) is 9.20. The first kappa shape index (κ1) is 12.8. The van der Waals surface area contributed by atoms with Gasteiger partial charge in [-0.2, -0.15) is 0 Å². The molecule has 0 fully saturated rings. The lowest BCUT2D eigenvalue weighted by molar-refractivity contribution is 0.0698. The molecule has 0 saturated heterocycles. The SMILES string of the molecule is COc1ccc(/C=N/c2ccccc2C(=O)O)cc1. The van der Waals surface area contributed by atoms with Gasteiger partial charge in [0.25, 0.3) is 0 Å². The fourth-order valence-corrected chi connectivity index (χ4v) is 1.60. The summed E-state index contributed by atoms with van der Waals surface area (Å²) >= 11 is 0. The summed E-state index contributed by atoms with van der Waals surface area (Å²) in [6, 6.07) is 14.0. The van der Waals surface area contributed by atoms with Crippen LogP contribution in [0.25, 0.3) is 0 Å². The normalized spacial score (nSPS) is 10.6. The van der Waals surface area contributed by atoms with Crippen LogP contribution in [0.1, 0.15) is 15.9 Å². The number of nitrogens with zero attached hydrogens (tertiary/aromatic N) is 1. The van der Waals surface area contributed by atoms with Gasteiger partial charge in [0.2, 0.25) is 0 Å². The number of para-hydroxylation sites is 1. The molecule has 0 aliphatic heterocycles. The van der Waals surface area contributed by atoms with Crippen LogP contribution < -0.4 is 4.74 Å². The van der Waals surface area contributed by atoms with Gasteiger partial charge >= 0.3 is 5.97 Å². The zero-order chi connectivity index (χ0) is 13.7. The van der Waals surface area contributed by atoms with E-state index in [1.807, 2.05) is 24.3 Å². The highest BCUT2D eigenvalue weighted by Crippen LogP contribution is 2.18. The Balaban J connectivity index is 2.24. The van der Waals surface area contributed by atoms with Crippen molar-refractivity contribution >= 4 is 17.9 Å². The number of carboxylic acids is 1. The van der Waals surface area contributed by atoms with E-state index in [4.69, 9.17) is 9.84 Å². The molecule has 0 aliphatic carbocycles. The number of ether oxygens (including phenoxy) is 1. The van der Waals surface area contributed by atoms with Gasteiger partial charge in [0.05, 0.1) is 18.4 Å². The topological polar surface area (TPSA) is 58.9 Å². The van der Waals surface area contributed by atoms with Crippen molar-refractivity contribution in [3.05, 3.63) is 59.7 Å². The average Bonchev–Trinajstić information content (AvgIpc) is 2.46. The van der Waals surface area contributed by atoms with Crippen LogP contribution in [0.3, 0.4) is 0 Å². The molecule has 1 N–H and O–H groups in total. The van der Waals surface area contributed by atoms with E-state index >= 15 is 0 Å². The smallest absolute Gasteiger partial charge is 0.337 e. The highest BCUT2D eigenvalue weighted by atomic mass is 16.5. The summed E-state index contributed by atoms with van der Waals surface area (Å²) < 4.78 is 5.06. The molecule has 4 heteroatoms. The minimum absolute atomic E-state index is 0.187. The van der Waals surface area contributed by atoms with Crippen molar-refractivity contribution < 1.29 is 14.6 Å². The Morgan fingerprint density at radius 2 is 1.84 bits per heavy atom. The average molecular weight is 255 g/mol. The van der Waals surface area contributed by atoms with Gasteiger partial charge < -0.3 is 9.84 Å². The van der Waals surface area contributed by atoms with Gasteiger partial charge in [-0.15, -0.1) is 0 Å². The fraction of sp³-hybridized carbons (Fsp3) is 0.0667. The number of aromatic carboxylic acids is 1. The van der Waals surface area contributed by atoms with Gasteiger partial charge in [-0.1, -0.05) is 12.1 Å². The molecule has 4 nitrogen and oxygen atoms in total. The summed E-state index contributed by atoms with van der Waals surface area (Å²) in [7, 11) is 1.60. The van der Waals surface area contributed by atoms with Gasteiger partial charge in [-0.05, 0) is 42.0 Å². The lowest BCUT2D eigenvalue weighted by Crippen LogP contribution is -1.96. The Bertz CT molecular complexity index is 603. The molecule has 0 aromatic heterocycles. The van der Waals surface area contributed by atoms with Crippen LogP contribution in [-0.4, -0.2) is 24.4 Å². The van der Waals surface area contributed by atoms with Crippen LogP contribution in [0.15, 0.2) is 53.5 Å². The van der Waals surface area contributed by atoms with Crippen LogP contribution in [0, 0.1) is 0 Å². The minimum Gasteiger partial charge on any atom is -0.497 e. The standard InChI is InChI=1S/C15H13NO3/c1-19-12-8-6-11(7-9-12)10-16-14-5-3-2-4-13(14)15(17)18/h2-10H,1H3,(H,17,18)/b16-10+. The summed E-state index contributed by atoms with van der Waals surface area (Å²) in [4.78, 5) is 15.2. The number of carboxylic acid groups (broad SMARTS) is 1. The van der Waals surface area contributed by atoms with E-state index in [1.165, 1.54) is 6.07 Å². The van der Waals surface area contributed by atoms with E-state index < -0.39 is 5.97 Å². The lowest BCUT2D eigenvalue weighted by atomic mass is 10.2. The molecule has 2 aromatic carbocycles. The molecule has 0 spiro atoms. The third-order valence-electron chi connectivity index (χ3n) is 2.60. The first-order valence-corrected chi connectivity index (χ1v) is 5.71. The number of benzene rings is 2. The maximum Gasteiger partial charge on any atom is 0.337 e. The second-order valence-corrected chi connectivity index (χ2v) is 3.85. The molecule has 2 aromatic rings. The number of aliphatic imine (C=N–C) groups is 1. The maximum absolute atomic E-state index is 11.0. The number of rotatable bonds is 4. The summed E-state index contributed by atoms with van der Waals surface area (Å²) in [5.74, 6) is -0.217. The molecule has 96 valence electrons. The molecule has 0 amide bonds. The Morgan fingerprint density at radius 3 is 2.47 bits per heavy atom. The number of methoxy groups -OCH3 is 1. The van der Waals surface area contributed by atoms with Crippen LogP contribution in [0.5, 0.6) is 5.75 Å². The Labute approximate surface area is 111 Å². The third-order valence-corrected chi connectivity index (χ3v) is 2.60. The van der Waals surface area contributed by atoms with Crippen LogP contribution >= 0.6 is 0 Å². The molecule has 0 heterocycles. The zero-order valence-electron chi connectivity index (χ0n) is 10.4. The Morgan fingerprint density at radius 1 is 1.16 bits per heavy atom. The molecule has 0 atom stereocenters. The highest BCUT2D eigenvalue weighted by Gasteiger charge is 2.06. The lowest BCUT2D eigenvalue weighted by Gasteiger charge is -2.01. The van der Waals surface area contributed by atoms with Gasteiger partial charge in [-0.25, -0.2) is 4.79 Å². The van der Waals surface area contributed by atoms with Crippen LogP contribution in [0.4, 0.5) is 5.69 Å². The van der Waals surface area contributed by atoms with E-state index in [1.54, 1.807) is 31.5 Å². The zero-order valence-corrected chi connectivity index (χ0v) is 10.4. The molecule has 0 saturated carbocycles. The van der Waals surface area contributed by atoms with E-state index in [-0.39, 0.29) is 5.56 Å². The fourth-order valence-electron chi connectivity index (χ4n) is 1.60. The molecule has 0 aliphatic rings. The third kappa shape index (κ3) is 3.19. The van der Waals surface area contributed by atoms with Crippen LogP contribution in [-0.2, 0) is 0 Å². The van der Waals surface area contributed by atoms with Gasteiger partial charge in [-0.3, -0.25) is 4.99 Å². The molecule has 19 heavy (non-hydrogen) atoms. The van der Waals surface area contributed by atoms with Crippen molar-refractivity contribution in [2.24, 2.45) is 4.99 Å². The number of hydrogen-bond acceptors (Lipinski definition) is 3. The summed E-state index contributed by atoms with van der Waals surface area (Å²) in [5.41, 5.74) is 1.50. The quantitative estimate of drug-likeness (QED) is 0.854. The van der Waals surface area contributed by atoms with Gasteiger partial charge in [0, 0.05) is 6.21 Å². The molecule has 2 rings (SSSR count). The van der Waals surface area contributed by atoms with E-state index in [9.17, 15) is 4.79 Å². The monoisotopic (exact) mass is 255 g/mol. The number of hydrogen-bond donors (Lipinski definition) is 1. The largest absolute Gasteiger partial charge is 0.497 e. The second kappa shape index (κ2) is 5.82. The molecule has 0 radical (unpaired) electrons. The summed E-state index contributed by atoms with van der Waals surface area (Å²) in [6.07, 6.45) is 1.63. The number of carbonyl (C=O) groups is 1. The van der Waals surface area contributed by atoms with Crippen LogP contribution in [0.2, 0.25) is 0 Å². The summed E-state index contributed by atoms with van der Waals surface area (Å²) in [6.45, 7) is 0. The maximum atomic E-state index is 11.0. The second-order valence-electron chi connectivity index (χ2n) is 3.85. The van der Waals surface area contributed by atoms with Crippen molar-refractivity contribution in [3.63, 3.8) is 0 Å². The van der Waals surface area contributed by atoms with Gasteiger partial charge in [0.15, 0.2) is 0 Å². The van der Waals surface area contributed by atoms with E-state index in [0.717, 1.165) is 11.3 Å². The molecule has 0 unspecified atom stereocenters. The molecular formula is C15H13NO3. The predicted octanol–water partition coefficient (Wildman–Crippen LogP) is 3.14. The first-order valence-electron chi connectivity index (χ1n) is 5.71. The van der Waals surface area contributed by atoms with Crippen molar-refractivity contribution in [3.8, 4) is 5.75 Å². The van der Waals surface area contributed by atoms with E-state index in [0.29, 0.717) is 5.69 Å². The minimum atomic E-state index is -0.984. The Hall–Kier alpha value is -2.62.